The van der Waals surface area contributed by atoms with E-state index in [1.165, 1.54) is 22.9 Å². The third-order valence-electron chi connectivity index (χ3n) is 3.53. The molecule has 0 atom stereocenters. The van der Waals surface area contributed by atoms with Gasteiger partial charge in [-0.25, -0.2) is 0 Å². The summed E-state index contributed by atoms with van der Waals surface area (Å²) in [5.41, 5.74) is 0.00585. The minimum Gasteiger partial charge on any atom is -0.481 e. The van der Waals surface area contributed by atoms with Crippen molar-refractivity contribution in [2.75, 3.05) is 5.75 Å². The normalized spacial score (nSPS) is 11.5. The Balaban J connectivity index is 2.08. The van der Waals surface area contributed by atoms with Gasteiger partial charge in [-0.3, -0.25) is 14.3 Å². The van der Waals surface area contributed by atoms with Gasteiger partial charge in [0.15, 0.2) is 11.0 Å². The standard InChI is InChI=1S/C17H13F3N4O2S/c18-17(19,20)12-4-1-5-13(9-12)24-15(11-3-2-7-21-10-11)22-23-16(24)27-8-6-14(25)26/h1-5,7,9-10H,6,8H2,(H,25,26). The molecule has 0 bridgehead atoms. The van der Waals surface area contributed by atoms with Gasteiger partial charge >= 0.3 is 12.1 Å². The highest BCUT2D eigenvalue weighted by atomic mass is 32.2. The number of halogens is 3. The van der Waals surface area contributed by atoms with Crippen molar-refractivity contribution in [1.29, 1.82) is 0 Å². The average Bonchev–Trinajstić information content (AvgIpc) is 3.05. The number of pyridine rings is 1. The highest BCUT2D eigenvalue weighted by Gasteiger charge is 2.31. The summed E-state index contributed by atoms with van der Waals surface area (Å²) in [4.78, 5) is 14.7. The van der Waals surface area contributed by atoms with Crippen molar-refractivity contribution in [2.24, 2.45) is 0 Å². The largest absolute Gasteiger partial charge is 0.481 e. The van der Waals surface area contributed by atoms with Crippen molar-refractivity contribution in [2.45, 2.75) is 17.8 Å². The summed E-state index contributed by atoms with van der Waals surface area (Å²) < 4.78 is 40.8. The number of rotatable bonds is 6. The quantitative estimate of drug-likeness (QED) is 0.639. The molecule has 0 radical (unpaired) electrons. The van der Waals surface area contributed by atoms with Gasteiger partial charge in [-0.1, -0.05) is 17.8 Å². The highest BCUT2D eigenvalue weighted by molar-refractivity contribution is 7.99. The lowest BCUT2D eigenvalue weighted by Crippen LogP contribution is -2.07. The fourth-order valence-corrected chi connectivity index (χ4v) is 3.21. The Hall–Kier alpha value is -2.88. The number of aliphatic carboxylic acids is 1. The van der Waals surface area contributed by atoms with Gasteiger partial charge in [0.05, 0.1) is 17.7 Å². The molecule has 6 nitrogen and oxygen atoms in total. The lowest BCUT2D eigenvalue weighted by molar-refractivity contribution is -0.138. The molecule has 0 aliphatic rings. The van der Waals surface area contributed by atoms with Gasteiger partial charge in [-0.15, -0.1) is 10.2 Å². The number of hydrogen-bond donors (Lipinski definition) is 1. The number of alkyl halides is 3. The molecular formula is C17H13F3N4O2S. The fourth-order valence-electron chi connectivity index (χ4n) is 2.33. The number of thioether (sulfide) groups is 1. The summed E-state index contributed by atoms with van der Waals surface area (Å²) in [5, 5.41) is 17.2. The summed E-state index contributed by atoms with van der Waals surface area (Å²) in [6, 6.07) is 8.19. The molecule has 140 valence electrons. The highest BCUT2D eigenvalue weighted by Crippen LogP contribution is 2.33. The molecule has 0 spiro atoms. The van der Waals surface area contributed by atoms with Crippen molar-refractivity contribution in [3.05, 3.63) is 54.4 Å². The molecule has 1 N–H and O–H groups in total. The number of carboxylic acids is 1. The first-order valence-corrected chi connectivity index (χ1v) is 8.73. The van der Waals surface area contributed by atoms with Gasteiger partial charge in [0.2, 0.25) is 0 Å². The first-order chi connectivity index (χ1) is 12.9. The lowest BCUT2D eigenvalue weighted by atomic mass is 10.2. The third-order valence-corrected chi connectivity index (χ3v) is 4.46. The zero-order valence-corrected chi connectivity index (χ0v) is 14.5. The Kier molecular flexibility index (Phi) is 5.45. The molecule has 0 aliphatic heterocycles. The molecular weight excluding hydrogens is 381 g/mol. The molecule has 27 heavy (non-hydrogen) atoms. The van der Waals surface area contributed by atoms with Crippen LogP contribution in [0.2, 0.25) is 0 Å². The second-order valence-corrected chi connectivity index (χ2v) is 6.49. The topological polar surface area (TPSA) is 80.9 Å². The zero-order valence-electron chi connectivity index (χ0n) is 13.7. The van der Waals surface area contributed by atoms with E-state index < -0.39 is 17.7 Å². The molecule has 3 aromatic rings. The maximum atomic E-state index is 13.1. The Morgan fingerprint density at radius 2 is 2.00 bits per heavy atom. The molecule has 0 amide bonds. The van der Waals surface area contributed by atoms with Crippen molar-refractivity contribution >= 4 is 17.7 Å². The van der Waals surface area contributed by atoms with E-state index in [0.717, 1.165) is 23.9 Å². The van der Waals surface area contributed by atoms with E-state index in [1.807, 2.05) is 0 Å². The van der Waals surface area contributed by atoms with Crippen LogP contribution in [-0.4, -0.2) is 36.6 Å². The number of carbonyl (C=O) groups is 1. The number of nitrogens with zero attached hydrogens (tertiary/aromatic N) is 4. The van der Waals surface area contributed by atoms with Crippen LogP contribution >= 0.6 is 11.8 Å². The molecule has 0 saturated heterocycles. The second kappa shape index (κ2) is 7.78. The van der Waals surface area contributed by atoms with Crippen molar-refractivity contribution in [3.8, 4) is 17.1 Å². The van der Waals surface area contributed by atoms with Gasteiger partial charge < -0.3 is 5.11 Å². The average molecular weight is 394 g/mol. The van der Waals surface area contributed by atoms with E-state index >= 15 is 0 Å². The van der Waals surface area contributed by atoms with Crippen LogP contribution in [0.25, 0.3) is 17.1 Å². The van der Waals surface area contributed by atoms with Crippen LogP contribution in [0, 0.1) is 0 Å². The maximum absolute atomic E-state index is 13.1. The summed E-state index contributed by atoms with van der Waals surface area (Å²) in [7, 11) is 0. The SMILES string of the molecule is O=C(O)CCSc1nnc(-c2cccnc2)n1-c1cccc(C(F)(F)F)c1. The summed E-state index contributed by atoms with van der Waals surface area (Å²) in [6.45, 7) is 0. The van der Waals surface area contributed by atoms with Gasteiger partial charge in [0, 0.05) is 23.7 Å². The van der Waals surface area contributed by atoms with Crippen molar-refractivity contribution in [3.63, 3.8) is 0 Å². The smallest absolute Gasteiger partial charge is 0.416 e. The van der Waals surface area contributed by atoms with Crippen molar-refractivity contribution < 1.29 is 23.1 Å². The number of benzene rings is 1. The molecule has 1 aromatic carbocycles. The van der Waals surface area contributed by atoms with Crippen LogP contribution in [0.3, 0.4) is 0 Å². The minimum absolute atomic E-state index is 0.109. The van der Waals surface area contributed by atoms with E-state index in [2.05, 4.69) is 15.2 Å². The summed E-state index contributed by atoms with van der Waals surface area (Å²) >= 11 is 1.11. The zero-order chi connectivity index (χ0) is 19.4. The molecule has 2 aromatic heterocycles. The van der Waals surface area contributed by atoms with Crippen LogP contribution in [0.4, 0.5) is 13.2 Å². The molecule has 2 heterocycles. The molecule has 10 heteroatoms. The number of aromatic nitrogens is 4. The molecule has 0 saturated carbocycles. The minimum atomic E-state index is -4.49. The van der Waals surface area contributed by atoms with Gasteiger partial charge in [-0.05, 0) is 30.3 Å². The number of hydrogen-bond acceptors (Lipinski definition) is 5. The molecule has 0 unspecified atom stereocenters. The Bertz CT molecular complexity index is 945. The van der Waals surface area contributed by atoms with E-state index in [1.54, 1.807) is 18.3 Å². The monoisotopic (exact) mass is 394 g/mol. The van der Waals surface area contributed by atoms with Crippen LogP contribution in [0.1, 0.15) is 12.0 Å². The van der Waals surface area contributed by atoms with E-state index in [4.69, 9.17) is 5.11 Å². The molecule has 0 aliphatic carbocycles. The summed E-state index contributed by atoms with van der Waals surface area (Å²) in [6.07, 6.45) is -1.51. The van der Waals surface area contributed by atoms with E-state index in [-0.39, 0.29) is 17.9 Å². The second-order valence-electron chi connectivity index (χ2n) is 5.42. The van der Waals surface area contributed by atoms with Crippen LogP contribution < -0.4 is 0 Å². The maximum Gasteiger partial charge on any atom is 0.416 e. The van der Waals surface area contributed by atoms with E-state index in [9.17, 15) is 18.0 Å². The van der Waals surface area contributed by atoms with Crippen LogP contribution in [0.15, 0.2) is 53.9 Å². The lowest BCUT2D eigenvalue weighted by Gasteiger charge is -2.13. The first-order valence-electron chi connectivity index (χ1n) is 7.74. The van der Waals surface area contributed by atoms with Crippen molar-refractivity contribution in [1.82, 2.24) is 19.7 Å². The van der Waals surface area contributed by atoms with Gasteiger partial charge in [-0.2, -0.15) is 13.2 Å². The van der Waals surface area contributed by atoms with Crippen LogP contribution in [0.5, 0.6) is 0 Å². The predicted molar refractivity (Wildman–Crippen MR) is 92.6 cm³/mol. The molecule has 3 rings (SSSR count). The van der Waals surface area contributed by atoms with Gasteiger partial charge in [0.25, 0.3) is 0 Å². The fraction of sp³-hybridized carbons (Fsp3) is 0.176. The van der Waals surface area contributed by atoms with Crippen LogP contribution in [-0.2, 0) is 11.0 Å². The molecule has 0 fully saturated rings. The summed E-state index contributed by atoms with van der Waals surface area (Å²) in [5.74, 6) is -0.445. The first kappa shape index (κ1) is 18.9. The Labute approximate surface area is 156 Å². The van der Waals surface area contributed by atoms with E-state index in [0.29, 0.717) is 16.5 Å². The third kappa shape index (κ3) is 4.45. The predicted octanol–water partition coefficient (Wildman–Crippen LogP) is 3.91. The Morgan fingerprint density at radius 3 is 2.67 bits per heavy atom. The number of carboxylic acid groups (broad SMARTS) is 1. The Morgan fingerprint density at radius 1 is 1.19 bits per heavy atom. The van der Waals surface area contributed by atoms with Gasteiger partial charge in [0.1, 0.15) is 0 Å².